The lowest BCUT2D eigenvalue weighted by atomic mass is 10.0. The molecule has 0 aliphatic carbocycles. The minimum absolute atomic E-state index is 0.0359. The molecule has 0 radical (unpaired) electrons. The fraction of sp³-hybridized carbons (Fsp3) is 0.222. The van der Waals surface area contributed by atoms with Gasteiger partial charge in [0.1, 0.15) is 17.7 Å². The SMILES string of the molecule is COC(=O)[C@H](Cc1ccc(Cl)cc1Cl)NC(=O)Cc1c(F)cccc1F. The summed E-state index contributed by atoms with van der Waals surface area (Å²) in [5, 5.41) is 3.17. The summed E-state index contributed by atoms with van der Waals surface area (Å²) in [5.41, 5.74) is 0.182. The molecule has 0 saturated carbocycles. The van der Waals surface area contributed by atoms with Crippen LogP contribution in [0.3, 0.4) is 0 Å². The van der Waals surface area contributed by atoms with Crippen molar-refractivity contribution in [2.24, 2.45) is 0 Å². The van der Waals surface area contributed by atoms with Crippen LogP contribution in [0, 0.1) is 11.6 Å². The third-order valence-corrected chi connectivity index (χ3v) is 4.25. The Balaban J connectivity index is 2.14. The largest absolute Gasteiger partial charge is 0.467 e. The van der Waals surface area contributed by atoms with E-state index in [2.05, 4.69) is 10.1 Å². The van der Waals surface area contributed by atoms with Gasteiger partial charge in [-0.1, -0.05) is 35.3 Å². The van der Waals surface area contributed by atoms with Gasteiger partial charge in [0.2, 0.25) is 5.91 Å². The third-order valence-electron chi connectivity index (χ3n) is 3.66. The van der Waals surface area contributed by atoms with E-state index in [0.717, 1.165) is 12.1 Å². The highest BCUT2D eigenvalue weighted by Crippen LogP contribution is 2.22. The van der Waals surface area contributed by atoms with E-state index in [4.69, 9.17) is 23.2 Å². The van der Waals surface area contributed by atoms with Gasteiger partial charge in [0, 0.05) is 22.0 Å². The standard InChI is InChI=1S/C18H15Cl2F2NO3/c1-26-18(25)16(7-10-5-6-11(19)8-13(10)20)23-17(24)9-12-14(21)3-2-4-15(12)22/h2-6,8,16H,7,9H2,1H3,(H,23,24)/t16-/m0/s1. The highest BCUT2D eigenvalue weighted by molar-refractivity contribution is 6.35. The lowest BCUT2D eigenvalue weighted by molar-refractivity contribution is -0.145. The van der Waals surface area contributed by atoms with Crippen molar-refractivity contribution in [2.45, 2.75) is 18.9 Å². The Bertz CT molecular complexity index is 810. The summed E-state index contributed by atoms with van der Waals surface area (Å²) in [4.78, 5) is 24.1. The molecule has 0 aliphatic heterocycles. The molecule has 1 N–H and O–H groups in total. The van der Waals surface area contributed by atoms with Crippen LogP contribution in [0.15, 0.2) is 36.4 Å². The molecule has 0 saturated heterocycles. The number of halogens is 4. The Hall–Kier alpha value is -2.18. The summed E-state index contributed by atoms with van der Waals surface area (Å²) in [5.74, 6) is -3.11. The van der Waals surface area contributed by atoms with Crippen molar-refractivity contribution >= 4 is 35.1 Å². The molecule has 0 heterocycles. The molecule has 0 bridgehead atoms. The molecule has 0 aliphatic rings. The average molecular weight is 402 g/mol. The fourth-order valence-corrected chi connectivity index (χ4v) is 2.84. The van der Waals surface area contributed by atoms with Crippen LogP contribution in [0.5, 0.6) is 0 Å². The lowest BCUT2D eigenvalue weighted by Gasteiger charge is -2.17. The van der Waals surface area contributed by atoms with Crippen molar-refractivity contribution in [3.8, 4) is 0 Å². The predicted molar refractivity (Wildman–Crippen MR) is 94.2 cm³/mol. The van der Waals surface area contributed by atoms with E-state index < -0.39 is 36.0 Å². The Morgan fingerprint density at radius 1 is 1.15 bits per heavy atom. The van der Waals surface area contributed by atoms with Crippen LogP contribution in [0.4, 0.5) is 8.78 Å². The Morgan fingerprint density at radius 3 is 2.38 bits per heavy atom. The topological polar surface area (TPSA) is 55.4 Å². The van der Waals surface area contributed by atoms with Crippen molar-refractivity contribution in [1.82, 2.24) is 5.32 Å². The maximum atomic E-state index is 13.7. The molecular formula is C18H15Cl2F2NO3. The zero-order valence-corrected chi connectivity index (χ0v) is 15.2. The molecule has 138 valence electrons. The van der Waals surface area contributed by atoms with Crippen molar-refractivity contribution in [1.29, 1.82) is 0 Å². The van der Waals surface area contributed by atoms with E-state index in [1.807, 2.05) is 0 Å². The van der Waals surface area contributed by atoms with Gasteiger partial charge in [-0.25, -0.2) is 13.6 Å². The number of carbonyl (C=O) groups excluding carboxylic acids is 2. The zero-order valence-electron chi connectivity index (χ0n) is 13.7. The zero-order chi connectivity index (χ0) is 19.3. The monoisotopic (exact) mass is 401 g/mol. The van der Waals surface area contributed by atoms with Crippen molar-refractivity contribution in [3.63, 3.8) is 0 Å². The normalized spacial score (nSPS) is 11.7. The number of hydrogen-bond acceptors (Lipinski definition) is 3. The van der Waals surface area contributed by atoms with Gasteiger partial charge in [-0.05, 0) is 29.8 Å². The quantitative estimate of drug-likeness (QED) is 0.750. The third kappa shape index (κ3) is 5.16. The molecule has 1 atom stereocenters. The van der Waals surface area contributed by atoms with Gasteiger partial charge in [-0.2, -0.15) is 0 Å². The first-order valence-corrected chi connectivity index (χ1v) is 8.31. The number of carbonyl (C=O) groups is 2. The summed E-state index contributed by atoms with van der Waals surface area (Å²) < 4.78 is 32.0. The molecule has 0 fully saturated rings. The summed E-state index contributed by atoms with van der Waals surface area (Å²) in [6, 6.07) is 6.95. The van der Waals surface area contributed by atoms with E-state index in [-0.39, 0.29) is 12.0 Å². The second kappa shape index (κ2) is 8.96. The van der Waals surface area contributed by atoms with Gasteiger partial charge < -0.3 is 10.1 Å². The number of benzene rings is 2. The number of methoxy groups -OCH3 is 1. The minimum atomic E-state index is -1.07. The van der Waals surface area contributed by atoms with Crippen LogP contribution in [0.1, 0.15) is 11.1 Å². The smallest absolute Gasteiger partial charge is 0.328 e. The average Bonchev–Trinajstić information content (AvgIpc) is 2.59. The summed E-state index contributed by atoms with van der Waals surface area (Å²) in [6.45, 7) is 0. The van der Waals surface area contributed by atoms with E-state index in [1.54, 1.807) is 12.1 Å². The van der Waals surface area contributed by atoms with Crippen LogP contribution in [-0.2, 0) is 27.2 Å². The van der Waals surface area contributed by atoms with Crippen LogP contribution < -0.4 is 5.32 Å². The van der Waals surface area contributed by atoms with Crippen molar-refractivity contribution in [3.05, 3.63) is 69.2 Å². The molecule has 2 rings (SSSR count). The number of esters is 1. The first kappa shape index (κ1) is 20.1. The molecule has 1 amide bonds. The molecule has 4 nitrogen and oxygen atoms in total. The highest BCUT2D eigenvalue weighted by Gasteiger charge is 2.24. The first-order valence-electron chi connectivity index (χ1n) is 7.55. The maximum Gasteiger partial charge on any atom is 0.328 e. The molecule has 26 heavy (non-hydrogen) atoms. The Morgan fingerprint density at radius 2 is 1.81 bits per heavy atom. The second-order valence-electron chi connectivity index (χ2n) is 5.46. The number of hydrogen-bond donors (Lipinski definition) is 1. The highest BCUT2D eigenvalue weighted by atomic mass is 35.5. The van der Waals surface area contributed by atoms with E-state index >= 15 is 0 Å². The Kier molecular flexibility index (Phi) is 6.94. The summed E-state index contributed by atoms with van der Waals surface area (Å²) >= 11 is 11.9. The molecule has 2 aromatic rings. The van der Waals surface area contributed by atoms with E-state index in [1.165, 1.54) is 19.2 Å². The second-order valence-corrected chi connectivity index (χ2v) is 6.30. The van der Waals surface area contributed by atoms with Crippen LogP contribution >= 0.6 is 23.2 Å². The number of ether oxygens (including phenoxy) is 1. The fourth-order valence-electron chi connectivity index (χ4n) is 2.35. The summed E-state index contributed by atoms with van der Waals surface area (Å²) in [6.07, 6.45) is -0.519. The van der Waals surface area contributed by atoms with Crippen LogP contribution in [0.25, 0.3) is 0 Å². The molecule has 0 unspecified atom stereocenters. The number of rotatable bonds is 6. The first-order chi connectivity index (χ1) is 12.3. The van der Waals surface area contributed by atoms with Crippen LogP contribution in [0.2, 0.25) is 10.0 Å². The van der Waals surface area contributed by atoms with Gasteiger partial charge >= 0.3 is 5.97 Å². The summed E-state index contributed by atoms with van der Waals surface area (Å²) in [7, 11) is 1.17. The van der Waals surface area contributed by atoms with Crippen molar-refractivity contribution in [2.75, 3.05) is 7.11 Å². The maximum absolute atomic E-state index is 13.7. The van der Waals surface area contributed by atoms with E-state index in [0.29, 0.717) is 15.6 Å². The minimum Gasteiger partial charge on any atom is -0.467 e. The van der Waals surface area contributed by atoms with Gasteiger partial charge in [0.05, 0.1) is 13.5 Å². The van der Waals surface area contributed by atoms with Crippen molar-refractivity contribution < 1.29 is 23.1 Å². The van der Waals surface area contributed by atoms with Crippen LogP contribution in [-0.4, -0.2) is 25.0 Å². The predicted octanol–water partition coefficient (Wildman–Crippen LogP) is 3.71. The van der Waals surface area contributed by atoms with Gasteiger partial charge in [0.25, 0.3) is 0 Å². The van der Waals surface area contributed by atoms with Gasteiger partial charge in [-0.3, -0.25) is 4.79 Å². The molecule has 0 aromatic heterocycles. The molecule has 2 aromatic carbocycles. The van der Waals surface area contributed by atoms with Gasteiger partial charge in [0.15, 0.2) is 0 Å². The Labute approximate surface area is 159 Å². The van der Waals surface area contributed by atoms with Gasteiger partial charge in [-0.15, -0.1) is 0 Å². The molecule has 0 spiro atoms. The lowest BCUT2D eigenvalue weighted by Crippen LogP contribution is -2.43. The van der Waals surface area contributed by atoms with E-state index in [9.17, 15) is 18.4 Å². The number of amides is 1. The molecule has 8 heteroatoms. The molecular weight excluding hydrogens is 387 g/mol. The number of nitrogens with one attached hydrogen (secondary N) is 1.